The number of carbonyl (C=O) groups is 2. The molecule has 8 nitrogen and oxygen atoms in total. The van der Waals surface area contributed by atoms with E-state index < -0.39 is 17.6 Å². The fraction of sp³-hybridized carbons (Fsp3) is 0.542. The predicted molar refractivity (Wildman–Crippen MR) is 124 cm³/mol. The lowest BCUT2D eigenvalue weighted by atomic mass is 10.1. The Hall–Kier alpha value is -3.17. The summed E-state index contributed by atoms with van der Waals surface area (Å²) < 4.78 is 38.7. The number of likely N-dealkylation sites (tertiary alicyclic amines) is 1. The van der Waals surface area contributed by atoms with Gasteiger partial charge in [-0.1, -0.05) is 5.16 Å². The largest absolute Gasteiger partial charge is 0.466 e. The predicted octanol–water partition coefficient (Wildman–Crippen LogP) is 4.13. The average Bonchev–Trinajstić information content (AvgIpc) is 2.83. The first-order valence-electron chi connectivity index (χ1n) is 11.4. The standard InChI is InChI=1S/C24H31F2N3O5/c1-16(2)33-24(31)29-12-8-19(9-13-29)34-27-18-6-10-28(11-7-18)22-15-20(25)17(14-21(22)26)4-5-23(30)32-3/h4-5,14-16,19H,6-13H2,1-3H3. The maximum atomic E-state index is 14.6. The molecule has 10 heteroatoms. The van der Waals surface area contributed by atoms with E-state index in [1.807, 2.05) is 13.8 Å². The quantitative estimate of drug-likeness (QED) is 0.347. The van der Waals surface area contributed by atoms with Gasteiger partial charge in [0.25, 0.3) is 0 Å². The van der Waals surface area contributed by atoms with Crippen LogP contribution in [-0.4, -0.2) is 68.2 Å². The number of carbonyl (C=O) groups excluding carboxylic acids is 2. The van der Waals surface area contributed by atoms with Gasteiger partial charge in [-0.15, -0.1) is 0 Å². The third-order valence-electron chi connectivity index (χ3n) is 5.72. The van der Waals surface area contributed by atoms with Crippen LogP contribution >= 0.6 is 0 Å². The topological polar surface area (TPSA) is 80.7 Å². The van der Waals surface area contributed by atoms with Crippen molar-refractivity contribution in [2.45, 2.75) is 51.7 Å². The normalized spacial score (nSPS) is 17.3. The Morgan fingerprint density at radius 2 is 1.76 bits per heavy atom. The summed E-state index contributed by atoms with van der Waals surface area (Å²) in [5.41, 5.74) is 1.02. The van der Waals surface area contributed by atoms with Crippen LogP contribution in [0.3, 0.4) is 0 Å². The number of rotatable bonds is 6. The van der Waals surface area contributed by atoms with Crippen molar-refractivity contribution in [3.63, 3.8) is 0 Å². The molecule has 0 aliphatic carbocycles. The van der Waals surface area contributed by atoms with Gasteiger partial charge in [0.15, 0.2) is 0 Å². The summed E-state index contributed by atoms with van der Waals surface area (Å²) in [4.78, 5) is 32.3. The molecule has 2 fully saturated rings. The fourth-order valence-electron chi connectivity index (χ4n) is 3.81. The van der Waals surface area contributed by atoms with Crippen molar-refractivity contribution in [1.29, 1.82) is 0 Å². The summed E-state index contributed by atoms with van der Waals surface area (Å²) in [7, 11) is 1.21. The van der Waals surface area contributed by atoms with Crippen LogP contribution in [-0.2, 0) is 19.1 Å². The van der Waals surface area contributed by atoms with Gasteiger partial charge in [-0.3, -0.25) is 0 Å². The lowest BCUT2D eigenvalue weighted by molar-refractivity contribution is -0.134. The summed E-state index contributed by atoms with van der Waals surface area (Å²) in [6, 6.07) is 2.21. The van der Waals surface area contributed by atoms with Gasteiger partial charge in [0.05, 0.1) is 24.6 Å². The lowest BCUT2D eigenvalue weighted by Crippen LogP contribution is -2.41. The van der Waals surface area contributed by atoms with E-state index in [1.165, 1.54) is 13.2 Å². The highest BCUT2D eigenvalue weighted by Gasteiger charge is 2.26. The van der Waals surface area contributed by atoms with E-state index >= 15 is 0 Å². The maximum absolute atomic E-state index is 14.6. The monoisotopic (exact) mass is 479 g/mol. The van der Waals surface area contributed by atoms with E-state index in [4.69, 9.17) is 9.57 Å². The van der Waals surface area contributed by atoms with Gasteiger partial charge in [0, 0.05) is 69.6 Å². The Morgan fingerprint density at radius 1 is 1.09 bits per heavy atom. The Morgan fingerprint density at radius 3 is 2.38 bits per heavy atom. The number of halogens is 2. The Bertz CT molecular complexity index is 933. The zero-order chi connectivity index (χ0) is 24.7. The molecule has 2 aliphatic heterocycles. The van der Waals surface area contributed by atoms with Gasteiger partial charge in [0.2, 0.25) is 0 Å². The molecule has 0 radical (unpaired) electrons. The van der Waals surface area contributed by atoms with Crippen LogP contribution in [0.5, 0.6) is 0 Å². The molecular formula is C24H31F2N3O5. The van der Waals surface area contributed by atoms with Crippen LogP contribution in [0, 0.1) is 11.6 Å². The molecule has 0 bridgehead atoms. The molecule has 34 heavy (non-hydrogen) atoms. The Balaban J connectivity index is 1.49. The molecule has 0 unspecified atom stereocenters. The number of anilines is 1. The molecule has 1 amide bonds. The van der Waals surface area contributed by atoms with Gasteiger partial charge in [0.1, 0.15) is 17.7 Å². The number of methoxy groups -OCH3 is 1. The summed E-state index contributed by atoms with van der Waals surface area (Å²) in [5, 5.41) is 4.29. The molecule has 0 saturated carbocycles. The molecule has 3 rings (SSSR count). The van der Waals surface area contributed by atoms with Crippen molar-refractivity contribution in [3.05, 3.63) is 35.4 Å². The van der Waals surface area contributed by atoms with Crippen LogP contribution in [0.25, 0.3) is 6.08 Å². The van der Waals surface area contributed by atoms with Gasteiger partial charge in [-0.25, -0.2) is 18.4 Å². The van der Waals surface area contributed by atoms with Crippen LogP contribution in [0.4, 0.5) is 19.3 Å². The maximum Gasteiger partial charge on any atom is 0.410 e. The molecule has 2 heterocycles. The van der Waals surface area contributed by atoms with Crippen molar-refractivity contribution in [2.24, 2.45) is 5.16 Å². The van der Waals surface area contributed by atoms with Crippen molar-refractivity contribution in [2.75, 3.05) is 38.2 Å². The average molecular weight is 480 g/mol. The SMILES string of the molecule is COC(=O)C=Cc1cc(F)c(N2CCC(=NOC3CCN(C(=O)OC(C)C)CC3)CC2)cc1F. The minimum Gasteiger partial charge on any atom is -0.466 e. The highest BCUT2D eigenvalue weighted by Crippen LogP contribution is 2.27. The molecule has 186 valence electrons. The highest BCUT2D eigenvalue weighted by atomic mass is 19.1. The summed E-state index contributed by atoms with van der Waals surface area (Å²) >= 11 is 0. The number of esters is 1. The number of amides is 1. The third kappa shape index (κ3) is 6.91. The van der Waals surface area contributed by atoms with E-state index in [-0.39, 0.29) is 29.6 Å². The van der Waals surface area contributed by atoms with Gasteiger partial charge >= 0.3 is 12.1 Å². The minimum absolute atomic E-state index is 0.0252. The number of oxime groups is 1. The van der Waals surface area contributed by atoms with Crippen molar-refractivity contribution >= 4 is 29.5 Å². The number of nitrogens with zero attached hydrogens (tertiary/aromatic N) is 3. The van der Waals surface area contributed by atoms with Gasteiger partial charge in [-0.05, 0) is 26.0 Å². The minimum atomic E-state index is -0.645. The van der Waals surface area contributed by atoms with Crippen LogP contribution in [0.1, 0.15) is 45.1 Å². The highest BCUT2D eigenvalue weighted by molar-refractivity contribution is 5.87. The van der Waals surface area contributed by atoms with Gasteiger partial charge < -0.3 is 24.1 Å². The van der Waals surface area contributed by atoms with Gasteiger partial charge in [-0.2, -0.15) is 0 Å². The Kier molecular flexibility index (Phi) is 8.84. The summed E-state index contributed by atoms with van der Waals surface area (Å²) in [5.74, 6) is -1.83. The first-order valence-corrected chi connectivity index (χ1v) is 11.4. The molecule has 1 aromatic carbocycles. The van der Waals surface area contributed by atoms with Crippen LogP contribution < -0.4 is 4.90 Å². The molecule has 0 atom stereocenters. The fourth-order valence-corrected chi connectivity index (χ4v) is 3.81. The van der Waals surface area contributed by atoms with E-state index in [9.17, 15) is 18.4 Å². The van der Waals surface area contributed by atoms with E-state index in [1.54, 1.807) is 9.80 Å². The van der Waals surface area contributed by atoms with E-state index in [2.05, 4.69) is 9.89 Å². The van der Waals surface area contributed by atoms with Crippen molar-refractivity contribution < 1.29 is 32.7 Å². The number of piperidine rings is 2. The summed E-state index contributed by atoms with van der Waals surface area (Å²) in [6.45, 7) is 5.72. The van der Waals surface area contributed by atoms with E-state index in [0.29, 0.717) is 51.9 Å². The van der Waals surface area contributed by atoms with Crippen molar-refractivity contribution in [3.8, 4) is 0 Å². The first-order chi connectivity index (χ1) is 16.3. The smallest absolute Gasteiger partial charge is 0.410 e. The first kappa shape index (κ1) is 25.5. The number of hydrogen-bond donors (Lipinski definition) is 0. The van der Waals surface area contributed by atoms with Crippen molar-refractivity contribution in [1.82, 2.24) is 4.90 Å². The molecule has 2 aliphatic rings. The number of benzene rings is 1. The molecular weight excluding hydrogens is 448 g/mol. The second-order valence-electron chi connectivity index (χ2n) is 8.55. The Labute approximate surface area is 198 Å². The number of hydrogen-bond acceptors (Lipinski definition) is 7. The molecule has 0 N–H and O–H groups in total. The van der Waals surface area contributed by atoms with E-state index in [0.717, 1.165) is 23.9 Å². The van der Waals surface area contributed by atoms with Crippen LogP contribution in [0.2, 0.25) is 0 Å². The lowest BCUT2D eigenvalue weighted by Gasteiger charge is -2.32. The summed E-state index contributed by atoms with van der Waals surface area (Å²) in [6.07, 6.45) is 4.22. The number of ether oxygens (including phenoxy) is 2. The molecule has 0 aromatic heterocycles. The second-order valence-corrected chi connectivity index (χ2v) is 8.55. The third-order valence-corrected chi connectivity index (χ3v) is 5.72. The molecule has 0 spiro atoms. The van der Waals surface area contributed by atoms with Crippen LogP contribution in [0.15, 0.2) is 23.4 Å². The molecule has 1 aromatic rings. The zero-order valence-electron chi connectivity index (χ0n) is 19.8. The molecule has 2 saturated heterocycles. The second kappa shape index (κ2) is 11.8. The zero-order valence-corrected chi connectivity index (χ0v) is 19.8.